The Morgan fingerprint density at radius 1 is 1.04 bits per heavy atom. The Balaban J connectivity index is 1.82. The largest absolute Gasteiger partial charge is 0.455 e. The van der Waals surface area contributed by atoms with Crippen molar-refractivity contribution < 1.29 is 17.9 Å². The van der Waals surface area contributed by atoms with Gasteiger partial charge in [0.15, 0.2) is 5.75 Å². The lowest BCUT2D eigenvalue weighted by Crippen LogP contribution is -2.35. The number of ether oxygens (including phenoxy) is 1. The van der Waals surface area contributed by atoms with E-state index in [0.717, 1.165) is 32.2 Å². The number of para-hydroxylation sites is 3. The molecule has 0 radical (unpaired) electrons. The molecule has 6 nitrogen and oxygen atoms in total. The molecule has 0 unspecified atom stereocenters. The van der Waals surface area contributed by atoms with Crippen molar-refractivity contribution in [3.8, 4) is 11.5 Å². The highest BCUT2D eigenvalue weighted by Crippen LogP contribution is 2.33. The SMILES string of the molecule is CS(=O)(=O)N(CCC(=O)N1CCCC1)c1ccccc1Oc1ccccc1. The third-order valence-electron chi connectivity index (χ3n) is 4.49. The molecule has 0 atom stereocenters. The molecule has 1 aliphatic rings. The second-order valence-electron chi connectivity index (χ2n) is 6.56. The van der Waals surface area contributed by atoms with Gasteiger partial charge in [0, 0.05) is 26.1 Å². The average Bonchev–Trinajstić information content (AvgIpc) is 3.18. The topological polar surface area (TPSA) is 66.9 Å². The van der Waals surface area contributed by atoms with Crippen LogP contribution in [0.5, 0.6) is 11.5 Å². The Hall–Kier alpha value is -2.54. The van der Waals surface area contributed by atoms with Gasteiger partial charge in [0.2, 0.25) is 15.9 Å². The summed E-state index contributed by atoms with van der Waals surface area (Å²) in [6, 6.07) is 16.2. The molecule has 2 aromatic rings. The molecule has 2 aromatic carbocycles. The normalized spacial score (nSPS) is 14.2. The zero-order valence-corrected chi connectivity index (χ0v) is 16.2. The van der Waals surface area contributed by atoms with Gasteiger partial charge in [-0.25, -0.2) is 8.42 Å². The van der Waals surface area contributed by atoms with Crippen molar-refractivity contribution in [2.45, 2.75) is 19.3 Å². The summed E-state index contributed by atoms with van der Waals surface area (Å²) < 4.78 is 32.0. The highest BCUT2D eigenvalue weighted by atomic mass is 32.2. The number of hydrogen-bond acceptors (Lipinski definition) is 4. The highest BCUT2D eigenvalue weighted by Gasteiger charge is 2.24. The Morgan fingerprint density at radius 2 is 1.67 bits per heavy atom. The quantitative estimate of drug-likeness (QED) is 0.730. The number of carbonyl (C=O) groups excluding carboxylic acids is 1. The number of anilines is 1. The number of carbonyl (C=O) groups is 1. The molecule has 0 N–H and O–H groups in total. The fraction of sp³-hybridized carbons (Fsp3) is 0.350. The van der Waals surface area contributed by atoms with Crippen molar-refractivity contribution in [3.05, 3.63) is 54.6 Å². The van der Waals surface area contributed by atoms with Gasteiger partial charge in [-0.3, -0.25) is 9.10 Å². The van der Waals surface area contributed by atoms with E-state index in [-0.39, 0.29) is 18.9 Å². The first kappa shape index (κ1) is 19.2. The van der Waals surface area contributed by atoms with Gasteiger partial charge in [0.05, 0.1) is 11.9 Å². The summed E-state index contributed by atoms with van der Waals surface area (Å²) in [5.41, 5.74) is 0.429. The van der Waals surface area contributed by atoms with Crippen molar-refractivity contribution in [1.82, 2.24) is 4.90 Å². The molecule has 27 heavy (non-hydrogen) atoms. The molecule has 1 heterocycles. The molecule has 144 valence electrons. The van der Waals surface area contributed by atoms with Crippen LogP contribution in [0.3, 0.4) is 0 Å². The van der Waals surface area contributed by atoms with E-state index in [9.17, 15) is 13.2 Å². The maximum atomic E-state index is 12.4. The standard InChI is InChI=1S/C20H24N2O4S/c1-27(24,25)22(16-13-20(23)21-14-7-8-15-21)18-11-5-6-12-19(18)26-17-9-3-2-4-10-17/h2-6,9-12H,7-8,13-16H2,1H3. The van der Waals surface area contributed by atoms with Crippen LogP contribution in [0.2, 0.25) is 0 Å². The van der Waals surface area contributed by atoms with Crippen LogP contribution >= 0.6 is 0 Å². The van der Waals surface area contributed by atoms with E-state index in [1.54, 1.807) is 41.3 Å². The zero-order valence-electron chi connectivity index (χ0n) is 15.4. The lowest BCUT2D eigenvalue weighted by molar-refractivity contribution is -0.129. The Labute approximate surface area is 160 Å². The first-order chi connectivity index (χ1) is 12.9. The summed E-state index contributed by atoms with van der Waals surface area (Å²) in [5.74, 6) is 1.04. The van der Waals surface area contributed by atoms with Crippen LogP contribution in [0.1, 0.15) is 19.3 Å². The van der Waals surface area contributed by atoms with Gasteiger partial charge in [-0.15, -0.1) is 0 Å². The Bertz CT molecular complexity index is 878. The molecular formula is C20H24N2O4S. The van der Waals surface area contributed by atoms with Crippen LogP contribution in [-0.4, -0.2) is 45.1 Å². The fourth-order valence-corrected chi connectivity index (χ4v) is 4.08. The van der Waals surface area contributed by atoms with Gasteiger partial charge in [0.1, 0.15) is 5.75 Å². The first-order valence-corrected chi connectivity index (χ1v) is 10.9. The molecule has 0 spiro atoms. The molecule has 0 bridgehead atoms. The number of rotatable bonds is 7. The van der Waals surface area contributed by atoms with E-state index in [1.165, 1.54) is 4.31 Å². The molecule has 7 heteroatoms. The smallest absolute Gasteiger partial charge is 0.232 e. The summed E-state index contributed by atoms with van der Waals surface area (Å²) in [6.07, 6.45) is 3.31. The van der Waals surface area contributed by atoms with Crippen molar-refractivity contribution >= 4 is 21.6 Å². The molecule has 0 saturated carbocycles. The van der Waals surface area contributed by atoms with E-state index in [1.807, 2.05) is 18.2 Å². The highest BCUT2D eigenvalue weighted by molar-refractivity contribution is 7.92. The van der Waals surface area contributed by atoms with Crippen molar-refractivity contribution in [2.24, 2.45) is 0 Å². The minimum atomic E-state index is -3.57. The number of nitrogens with zero attached hydrogens (tertiary/aromatic N) is 2. The predicted octanol–water partition coefficient (Wildman–Crippen LogP) is 3.26. The fourth-order valence-electron chi connectivity index (χ4n) is 3.15. The number of likely N-dealkylation sites (tertiary alicyclic amines) is 1. The van der Waals surface area contributed by atoms with Crippen LogP contribution in [0.25, 0.3) is 0 Å². The second kappa shape index (κ2) is 8.43. The summed E-state index contributed by atoms with van der Waals surface area (Å²) in [7, 11) is -3.57. The number of benzene rings is 2. The summed E-state index contributed by atoms with van der Waals surface area (Å²) in [6.45, 7) is 1.60. The molecular weight excluding hydrogens is 364 g/mol. The molecule has 1 saturated heterocycles. The molecule has 0 aliphatic carbocycles. The first-order valence-electron chi connectivity index (χ1n) is 9.02. The van der Waals surface area contributed by atoms with Crippen molar-refractivity contribution in [3.63, 3.8) is 0 Å². The van der Waals surface area contributed by atoms with Gasteiger partial charge in [-0.1, -0.05) is 30.3 Å². The van der Waals surface area contributed by atoms with Crippen LogP contribution in [0, 0.1) is 0 Å². The minimum Gasteiger partial charge on any atom is -0.455 e. The van der Waals surface area contributed by atoms with E-state index < -0.39 is 10.0 Å². The molecule has 1 fully saturated rings. The van der Waals surface area contributed by atoms with Crippen LogP contribution in [0.4, 0.5) is 5.69 Å². The molecule has 0 aromatic heterocycles. The number of hydrogen-bond donors (Lipinski definition) is 0. The number of sulfonamides is 1. The van der Waals surface area contributed by atoms with E-state index in [2.05, 4.69) is 0 Å². The van der Waals surface area contributed by atoms with Gasteiger partial charge >= 0.3 is 0 Å². The minimum absolute atomic E-state index is 0.0115. The van der Waals surface area contributed by atoms with E-state index in [4.69, 9.17) is 4.74 Å². The molecule has 1 aliphatic heterocycles. The van der Waals surface area contributed by atoms with Gasteiger partial charge < -0.3 is 9.64 Å². The predicted molar refractivity (Wildman–Crippen MR) is 106 cm³/mol. The average molecular weight is 388 g/mol. The Morgan fingerprint density at radius 3 is 2.33 bits per heavy atom. The second-order valence-corrected chi connectivity index (χ2v) is 8.46. The maximum absolute atomic E-state index is 12.4. The summed E-state index contributed by atoms with van der Waals surface area (Å²) >= 11 is 0. The lowest BCUT2D eigenvalue weighted by Gasteiger charge is -2.25. The monoisotopic (exact) mass is 388 g/mol. The van der Waals surface area contributed by atoms with Crippen LogP contribution in [-0.2, 0) is 14.8 Å². The van der Waals surface area contributed by atoms with Crippen LogP contribution < -0.4 is 9.04 Å². The summed E-state index contributed by atoms with van der Waals surface area (Å²) in [4.78, 5) is 14.2. The zero-order chi connectivity index (χ0) is 19.3. The van der Waals surface area contributed by atoms with Crippen molar-refractivity contribution in [2.75, 3.05) is 30.2 Å². The molecule has 3 rings (SSSR count). The Kier molecular flexibility index (Phi) is 6.01. The lowest BCUT2D eigenvalue weighted by atomic mass is 10.2. The van der Waals surface area contributed by atoms with Crippen molar-refractivity contribution in [1.29, 1.82) is 0 Å². The summed E-state index contributed by atoms with van der Waals surface area (Å²) in [5, 5.41) is 0. The van der Waals surface area contributed by atoms with Gasteiger partial charge in [0.25, 0.3) is 0 Å². The number of amides is 1. The third-order valence-corrected chi connectivity index (χ3v) is 5.67. The van der Waals surface area contributed by atoms with Gasteiger partial charge in [-0.05, 0) is 37.1 Å². The third kappa shape index (κ3) is 5.01. The van der Waals surface area contributed by atoms with Crippen LogP contribution in [0.15, 0.2) is 54.6 Å². The maximum Gasteiger partial charge on any atom is 0.232 e. The molecule has 1 amide bonds. The van der Waals surface area contributed by atoms with Gasteiger partial charge in [-0.2, -0.15) is 0 Å². The van der Waals surface area contributed by atoms with E-state index in [0.29, 0.717) is 17.2 Å². The van der Waals surface area contributed by atoms with E-state index >= 15 is 0 Å².